The van der Waals surface area contributed by atoms with Crippen LogP contribution in [0.25, 0.3) is 0 Å². The number of nitrogens with two attached hydrogens (primary N) is 1. The summed E-state index contributed by atoms with van der Waals surface area (Å²) in [5.74, 6) is 0.841. The van der Waals surface area contributed by atoms with E-state index in [0.29, 0.717) is 24.6 Å². The summed E-state index contributed by atoms with van der Waals surface area (Å²) in [4.78, 5) is 19.4. The summed E-state index contributed by atoms with van der Waals surface area (Å²) in [7, 11) is 0. The van der Waals surface area contributed by atoms with Gasteiger partial charge in [-0.25, -0.2) is 4.98 Å². The molecular formula is C21H24N4O2S. The van der Waals surface area contributed by atoms with E-state index in [9.17, 15) is 4.79 Å². The smallest absolute Gasteiger partial charge is 0.227 e. The molecule has 0 aliphatic carbocycles. The van der Waals surface area contributed by atoms with Gasteiger partial charge in [-0.2, -0.15) is 0 Å². The third kappa shape index (κ3) is 3.30. The van der Waals surface area contributed by atoms with E-state index in [4.69, 9.17) is 10.3 Å². The zero-order valence-electron chi connectivity index (χ0n) is 16.1. The number of hydrogen-bond acceptors (Lipinski definition) is 6. The largest absolute Gasteiger partial charge is 0.375 e. The number of aromatic nitrogens is 2. The number of hydrogen-bond donors (Lipinski definition) is 1. The van der Waals surface area contributed by atoms with Gasteiger partial charge in [-0.05, 0) is 32.3 Å². The summed E-state index contributed by atoms with van der Waals surface area (Å²) in [5, 5.41) is 6.60. The number of likely N-dealkylation sites (tertiary alicyclic amines) is 1. The van der Waals surface area contributed by atoms with Crippen LogP contribution in [0.1, 0.15) is 41.1 Å². The Kier molecular flexibility index (Phi) is 4.93. The molecule has 0 spiro atoms. The van der Waals surface area contributed by atoms with Crippen molar-refractivity contribution in [2.24, 2.45) is 0 Å². The lowest BCUT2D eigenvalue weighted by Gasteiger charge is -2.41. The molecule has 0 unspecified atom stereocenters. The lowest BCUT2D eigenvalue weighted by molar-refractivity contribution is -0.131. The molecule has 2 aromatic heterocycles. The van der Waals surface area contributed by atoms with Crippen molar-refractivity contribution in [3.05, 3.63) is 64.0 Å². The minimum absolute atomic E-state index is 0.119. The highest BCUT2D eigenvalue weighted by molar-refractivity contribution is 7.13. The Morgan fingerprint density at radius 2 is 1.96 bits per heavy atom. The standard InChI is InChI=1S/C21H24N4O2S/c1-14-17(15(2)27-24-14)12-19(26)25-10-8-21(9-11-25,16-6-4-3-5-7-16)18-13-28-20(22)23-18/h3-7,13H,8-12H2,1-2H3,(H2,22,23). The number of aryl methyl sites for hydroxylation is 2. The number of carbonyl (C=O) groups excluding carboxylic acids is 1. The Labute approximate surface area is 168 Å². The molecule has 1 aliphatic heterocycles. The van der Waals surface area contributed by atoms with Gasteiger partial charge in [-0.1, -0.05) is 35.5 Å². The van der Waals surface area contributed by atoms with Crippen LogP contribution in [-0.2, 0) is 16.6 Å². The minimum Gasteiger partial charge on any atom is -0.375 e. The van der Waals surface area contributed by atoms with Crippen molar-refractivity contribution in [3.63, 3.8) is 0 Å². The van der Waals surface area contributed by atoms with Crippen LogP contribution in [0, 0.1) is 13.8 Å². The molecule has 3 aromatic rings. The van der Waals surface area contributed by atoms with E-state index in [0.717, 1.165) is 35.6 Å². The van der Waals surface area contributed by atoms with Crippen molar-refractivity contribution in [3.8, 4) is 0 Å². The normalized spacial score (nSPS) is 16.3. The summed E-state index contributed by atoms with van der Waals surface area (Å²) < 4.78 is 5.19. The topological polar surface area (TPSA) is 85.2 Å². The van der Waals surface area contributed by atoms with Gasteiger partial charge in [0.15, 0.2) is 5.13 Å². The van der Waals surface area contributed by atoms with Gasteiger partial charge < -0.3 is 15.2 Å². The van der Waals surface area contributed by atoms with Crippen molar-refractivity contribution < 1.29 is 9.32 Å². The molecule has 6 nitrogen and oxygen atoms in total. The van der Waals surface area contributed by atoms with E-state index in [1.54, 1.807) is 0 Å². The van der Waals surface area contributed by atoms with Crippen molar-refractivity contribution in [2.75, 3.05) is 18.8 Å². The van der Waals surface area contributed by atoms with Crippen LogP contribution in [0.15, 0.2) is 40.2 Å². The van der Waals surface area contributed by atoms with Crippen molar-refractivity contribution in [1.82, 2.24) is 15.0 Å². The number of benzene rings is 1. The summed E-state index contributed by atoms with van der Waals surface area (Å²) in [6, 6.07) is 10.4. The second-order valence-electron chi connectivity index (χ2n) is 7.38. The zero-order valence-corrected chi connectivity index (χ0v) is 17.0. The molecule has 7 heteroatoms. The number of thiazole rings is 1. The van der Waals surface area contributed by atoms with Gasteiger partial charge in [0.05, 0.1) is 17.8 Å². The second kappa shape index (κ2) is 7.39. The Hall–Kier alpha value is -2.67. The average Bonchev–Trinajstić information content (AvgIpc) is 3.29. The monoisotopic (exact) mass is 396 g/mol. The van der Waals surface area contributed by atoms with Crippen LogP contribution in [0.5, 0.6) is 0 Å². The molecule has 0 saturated carbocycles. The van der Waals surface area contributed by atoms with Gasteiger partial charge in [0.25, 0.3) is 0 Å². The van der Waals surface area contributed by atoms with Crippen molar-refractivity contribution in [1.29, 1.82) is 0 Å². The van der Waals surface area contributed by atoms with Crippen molar-refractivity contribution in [2.45, 2.75) is 38.5 Å². The maximum absolute atomic E-state index is 12.9. The van der Waals surface area contributed by atoms with Crippen molar-refractivity contribution >= 4 is 22.4 Å². The third-order valence-corrected chi connectivity index (χ3v) is 6.49. The summed E-state index contributed by atoms with van der Waals surface area (Å²) >= 11 is 1.47. The molecule has 28 heavy (non-hydrogen) atoms. The first kappa shape index (κ1) is 18.7. The van der Waals surface area contributed by atoms with Gasteiger partial charge in [-0.3, -0.25) is 4.79 Å². The molecule has 0 atom stereocenters. The van der Waals surface area contributed by atoms with Gasteiger partial charge >= 0.3 is 0 Å². The highest BCUT2D eigenvalue weighted by Crippen LogP contribution is 2.42. The first-order chi connectivity index (χ1) is 13.5. The fourth-order valence-electron chi connectivity index (χ4n) is 4.11. The van der Waals surface area contributed by atoms with Gasteiger partial charge in [0, 0.05) is 29.4 Å². The minimum atomic E-state index is -0.199. The number of nitrogen functional groups attached to an aromatic ring is 1. The molecule has 1 amide bonds. The van der Waals surface area contributed by atoms with E-state index < -0.39 is 0 Å². The molecule has 1 aliphatic rings. The van der Waals surface area contributed by atoms with Crippen LogP contribution < -0.4 is 5.73 Å². The summed E-state index contributed by atoms with van der Waals surface area (Å²) in [5.41, 5.74) is 9.67. The average molecular weight is 397 g/mol. The summed E-state index contributed by atoms with van der Waals surface area (Å²) in [6.45, 7) is 5.11. The molecule has 1 aromatic carbocycles. The molecule has 146 valence electrons. The predicted molar refractivity (Wildman–Crippen MR) is 109 cm³/mol. The highest BCUT2D eigenvalue weighted by atomic mass is 32.1. The second-order valence-corrected chi connectivity index (χ2v) is 8.27. The van der Waals surface area contributed by atoms with E-state index in [2.05, 4.69) is 39.8 Å². The van der Waals surface area contributed by atoms with Crippen LogP contribution in [0.3, 0.4) is 0 Å². The van der Waals surface area contributed by atoms with E-state index in [1.165, 1.54) is 16.9 Å². The molecule has 4 rings (SSSR count). The predicted octanol–water partition coefficient (Wildman–Crippen LogP) is 3.48. The van der Waals surface area contributed by atoms with E-state index >= 15 is 0 Å². The number of piperidine rings is 1. The number of rotatable bonds is 4. The first-order valence-corrected chi connectivity index (χ1v) is 10.3. The number of carbonyl (C=O) groups is 1. The molecule has 0 bridgehead atoms. The molecule has 1 saturated heterocycles. The van der Waals surface area contributed by atoms with Crippen LogP contribution >= 0.6 is 11.3 Å². The first-order valence-electron chi connectivity index (χ1n) is 9.46. The fourth-order valence-corrected chi connectivity index (χ4v) is 4.77. The Morgan fingerprint density at radius 1 is 1.25 bits per heavy atom. The zero-order chi connectivity index (χ0) is 19.7. The molecule has 0 radical (unpaired) electrons. The molecule has 2 N–H and O–H groups in total. The number of nitrogens with zero attached hydrogens (tertiary/aromatic N) is 3. The van der Waals surface area contributed by atoms with E-state index in [1.807, 2.05) is 24.8 Å². The maximum atomic E-state index is 12.9. The highest BCUT2D eigenvalue weighted by Gasteiger charge is 2.40. The summed E-state index contributed by atoms with van der Waals surface area (Å²) in [6.07, 6.45) is 1.99. The Bertz CT molecular complexity index is 952. The third-order valence-electron chi connectivity index (χ3n) is 5.82. The van der Waals surface area contributed by atoms with Crippen LogP contribution in [0.2, 0.25) is 0 Å². The van der Waals surface area contributed by atoms with Gasteiger partial charge in [0.2, 0.25) is 5.91 Å². The molecule has 1 fully saturated rings. The van der Waals surface area contributed by atoms with Gasteiger partial charge in [0.1, 0.15) is 5.76 Å². The molecular weight excluding hydrogens is 372 g/mol. The lowest BCUT2D eigenvalue weighted by atomic mass is 9.70. The maximum Gasteiger partial charge on any atom is 0.227 e. The lowest BCUT2D eigenvalue weighted by Crippen LogP contribution is -2.46. The van der Waals surface area contributed by atoms with Crippen LogP contribution in [0.4, 0.5) is 5.13 Å². The SMILES string of the molecule is Cc1noc(C)c1CC(=O)N1CCC(c2ccccc2)(c2csc(N)n2)CC1. The quantitative estimate of drug-likeness (QED) is 0.730. The molecule has 3 heterocycles. The number of amides is 1. The fraction of sp³-hybridized carbons (Fsp3) is 0.381. The van der Waals surface area contributed by atoms with Gasteiger partial charge in [-0.15, -0.1) is 11.3 Å². The number of anilines is 1. The Balaban J connectivity index is 1.55. The Morgan fingerprint density at radius 3 is 2.54 bits per heavy atom. The van der Waals surface area contributed by atoms with Crippen LogP contribution in [-0.4, -0.2) is 34.0 Å². The van der Waals surface area contributed by atoms with E-state index in [-0.39, 0.29) is 11.3 Å².